The second-order valence-corrected chi connectivity index (χ2v) is 3.14. The van der Waals surface area contributed by atoms with Gasteiger partial charge in [-0.2, -0.15) is 0 Å². The van der Waals surface area contributed by atoms with Gasteiger partial charge in [-0.05, 0) is 25.7 Å². The van der Waals surface area contributed by atoms with Crippen molar-refractivity contribution in [2.75, 3.05) is 0 Å². The molecule has 0 aromatic heterocycles. The normalized spacial score (nSPS) is 28.0. The third-order valence-corrected chi connectivity index (χ3v) is 2.26. The number of aliphatic carboxylic acids is 1. The Balaban J connectivity index is 2.30. The number of carboxylic acids is 1. The van der Waals surface area contributed by atoms with Gasteiger partial charge in [0.1, 0.15) is 6.10 Å². The summed E-state index contributed by atoms with van der Waals surface area (Å²) in [4.78, 5) is 24.8. The van der Waals surface area contributed by atoms with Gasteiger partial charge in [-0.15, -0.1) is 10.1 Å². The second-order valence-electron chi connectivity index (χ2n) is 3.14. The van der Waals surface area contributed by atoms with Crippen molar-refractivity contribution in [3.05, 3.63) is 10.1 Å². The van der Waals surface area contributed by atoms with E-state index in [2.05, 4.69) is 4.84 Å². The van der Waals surface area contributed by atoms with E-state index in [0.29, 0.717) is 25.7 Å². The summed E-state index contributed by atoms with van der Waals surface area (Å²) in [5.41, 5.74) is 0. The van der Waals surface area contributed by atoms with Gasteiger partial charge in [0.25, 0.3) is 5.09 Å². The summed E-state index contributed by atoms with van der Waals surface area (Å²) in [5.74, 6) is -1.17. The van der Waals surface area contributed by atoms with Crippen molar-refractivity contribution in [1.82, 2.24) is 0 Å². The summed E-state index contributed by atoms with van der Waals surface area (Å²) in [6, 6.07) is 0. The van der Waals surface area contributed by atoms with E-state index in [4.69, 9.17) is 5.11 Å². The Labute approximate surface area is 74.6 Å². The summed E-state index contributed by atoms with van der Waals surface area (Å²) in [6.45, 7) is 0. The SMILES string of the molecule is O=C(O)[C@H]1CC[C@@H](O[N+](=O)[O-])CC1. The van der Waals surface area contributed by atoms with E-state index in [1.807, 2.05) is 0 Å². The summed E-state index contributed by atoms with van der Waals surface area (Å²) in [6.07, 6.45) is 1.43. The fraction of sp³-hybridized carbons (Fsp3) is 0.857. The van der Waals surface area contributed by atoms with Gasteiger partial charge in [0.15, 0.2) is 0 Å². The Morgan fingerprint density at radius 1 is 1.38 bits per heavy atom. The second kappa shape index (κ2) is 4.06. The van der Waals surface area contributed by atoms with Crippen LogP contribution in [0.1, 0.15) is 25.7 Å². The summed E-state index contributed by atoms with van der Waals surface area (Å²) < 4.78 is 0. The minimum atomic E-state index is -0.820. The van der Waals surface area contributed by atoms with Crippen LogP contribution in [0, 0.1) is 16.0 Å². The summed E-state index contributed by atoms with van der Waals surface area (Å²) >= 11 is 0. The van der Waals surface area contributed by atoms with Gasteiger partial charge in [-0.1, -0.05) is 0 Å². The highest BCUT2D eigenvalue weighted by atomic mass is 17.0. The molecule has 0 heterocycles. The predicted octanol–water partition coefficient (Wildman–Crippen LogP) is 0.838. The zero-order valence-corrected chi connectivity index (χ0v) is 7.01. The zero-order valence-electron chi connectivity index (χ0n) is 7.01. The van der Waals surface area contributed by atoms with Crippen molar-refractivity contribution in [3.63, 3.8) is 0 Å². The quantitative estimate of drug-likeness (QED) is 0.524. The number of nitrogens with zero attached hydrogens (tertiary/aromatic N) is 1. The maximum absolute atomic E-state index is 10.5. The van der Waals surface area contributed by atoms with Gasteiger partial charge in [0, 0.05) is 0 Å². The Bertz CT molecular complexity index is 209. The van der Waals surface area contributed by atoms with Gasteiger partial charge in [-0.3, -0.25) is 4.79 Å². The minimum Gasteiger partial charge on any atom is -0.481 e. The van der Waals surface area contributed by atoms with Crippen LogP contribution in [0.25, 0.3) is 0 Å². The monoisotopic (exact) mass is 189 g/mol. The standard InChI is InChI=1S/C7H11NO5/c9-7(10)5-1-3-6(4-2-5)13-8(11)12/h5-6H,1-4H2,(H,9,10)/t5-,6+. The first kappa shape index (κ1) is 9.76. The van der Waals surface area contributed by atoms with Crippen LogP contribution >= 0.6 is 0 Å². The third-order valence-electron chi connectivity index (χ3n) is 2.26. The van der Waals surface area contributed by atoms with Crippen molar-refractivity contribution in [1.29, 1.82) is 0 Å². The fourth-order valence-corrected chi connectivity index (χ4v) is 1.54. The molecule has 1 fully saturated rings. The molecule has 74 valence electrons. The lowest BCUT2D eigenvalue weighted by molar-refractivity contribution is -0.769. The van der Waals surface area contributed by atoms with Crippen molar-refractivity contribution in [3.8, 4) is 0 Å². The van der Waals surface area contributed by atoms with Gasteiger partial charge >= 0.3 is 5.97 Å². The molecule has 1 N–H and O–H groups in total. The van der Waals surface area contributed by atoms with Crippen LogP contribution in [0.2, 0.25) is 0 Å². The molecule has 0 amide bonds. The summed E-state index contributed by atoms with van der Waals surface area (Å²) in [5, 5.41) is 17.8. The average molecular weight is 189 g/mol. The fourth-order valence-electron chi connectivity index (χ4n) is 1.54. The molecule has 0 aliphatic heterocycles. The number of hydrogen-bond donors (Lipinski definition) is 1. The van der Waals surface area contributed by atoms with E-state index in [9.17, 15) is 14.9 Å². The molecule has 13 heavy (non-hydrogen) atoms. The highest BCUT2D eigenvalue weighted by Crippen LogP contribution is 2.26. The van der Waals surface area contributed by atoms with E-state index >= 15 is 0 Å². The molecule has 6 nitrogen and oxygen atoms in total. The number of rotatable bonds is 3. The van der Waals surface area contributed by atoms with Crippen molar-refractivity contribution in [2.24, 2.45) is 5.92 Å². The molecule has 0 aromatic rings. The lowest BCUT2D eigenvalue weighted by Gasteiger charge is -2.23. The molecule has 6 heteroatoms. The maximum atomic E-state index is 10.5. The lowest BCUT2D eigenvalue weighted by Crippen LogP contribution is -2.27. The van der Waals surface area contributed by atoms with E-state index in [0.717, 1.165) is 0 Å². The maximum Gasteiger partial charge on any atom is 0.306 e. The molecule has 0 spiro atoms. The number of carbonyl (C=O) groups is 1. The van der Waals surface area contributed by atoms with Gasteiger partial charge < -0.3 is 9.94 Å². The molecule has 0 radical (unpaired) electrons. The van der Waals surface area contributed by atoms with Crippen LogP contribution in [-0.4, -0.2) is 22.3 Å². The molecule has 1 rings (SSSR count). The molecule has 0 atom stereocenters. The van der Waals surface area contributed by atoms with E-state index < -0.39 is 17.2 Å². The van der Waals surface area contributed by atoms with Crippen LogP contribution in [0.4, 0.5) is 0 Å². The first-order chi connectivity index (χ1) is 6.09. The third kappa shape index (κ3) is 2.89. The molecular weight excluding hydrogens is 178 g/mol. The smallest absolute Gasteiger partial charge is 0.306 e. The van der Waals surface area contributed by atoms with Crippen molar-refractivity contribution in [2.45, 2.75) is 31.8 Å². The summed E-state index contributed by atoms with van der Waals surface area (Å²) in [7, 11) is 0. The first-order valence-electron chi connectivity index (χ1n) is 4.13. The van der Waals surface area contributed by atoms with Crippen LogP contribution in [-0.2, 0) is 9.63 Å². The Morgan fingerprint density at radius 3 is 2.31 bits per heavy atom. The van der Waals surface area contributed by atoms with Crippen LogP contribution in [0.3, 0.4) is 0 Å². The van der Waals surface area contributed by atoms with E-state index in [-0.39, 0.29) is 5.92 Å². The number of carboxylic acid groups (broad SMARTS) is 1. The van der Waals surface area contributed by atoms with Crippen LogP contribution in [0.15, 0.2) is 0 Å². The molecule has 1 aliphatic carbocycles. The molecule has 0 bridgehead atoms. The topological polar surface area (TPSA) is 89.7 Å². The molecule has 1 saturated carbocycles. The number of hydrogen-bond acceptors (Lipinski definition) is 4. The van der Waals surface area contributed by atoms with Gasteiger partial charge in [0.2, 0.25) is 0 Å². The van der Waals surface area contributed by atoms with Crippen LogP contribution < -0.4 is 0 Å². The van der Waals surface area contributed by atoms with Gasteiger partial charge in [-0.25, -0.2) is 0 Å². The van der Waals surface area contributed by atoms with E-state index in [1.54, 1.807) is 0 Å². The van der Waals surface area contributed by atoms with E-state index in [1.165, 1.54) is 0 Å². The van der Waals surface area contributed by atoms with Gasteiger partial charge in [0.05, 0.1) is 5.92 Å². The molecule has 0 aromatic carbocycles. The largest absolute Gasteiger partial charge is 0.481 e. The average Bonchev–Trinajstić information content (AvgIpc) is 2.04. The molecule has 0 unspecified atom stereocenters. The highest BCUT2D eigenvalue weighted by molar-refractivity contribution is 5.69. The lowest BCUT2D eigenvalue weighted by atomic mass is 9.88. The molecule has 1 aliphatic rings. The van der Waals surface area contributed by atoms with Crippen molar-refractivity contribution >= 4 is 5.97 Å². The molecular formula is C7H11NO5. The minimum absolute atomic E-state index is 0.355. The van der Waals surface area contributed by atoms with Crippen molar-refractivity contribution < 1.29 is 19.8 Å². The highest BCUT2D eigenvalue weighted by Gasteiger charge is 2.27. The predicted molar refractivity (Wildman–Crippen MR) is 41.5 cm³/mol. The Morgan fingerprint density at radius 2 is 1.92 bits per heavy atom. The Hall–Kier alpha value is -1.33. The molecule has 0 saturated heterocycles. The first-order valence-corrected chi connectivity index (χ1v) is 4.13. The van der Waals surface area contributed by atoms with Crippen LogP contribution in [0.5, 0.6) is 0 Å². The zero-order chi connectivity index (χ0) is 9.84. The Kier molecular flexibility index (Phi) is 3.05.